The van der Waals surface area contributed by atoms with Gasteiger partial charge in [-0.2, -0.15) is 0 Å². The van der Waals surface area contributed by atoms with E-state index in [0.717, 1.165) is 12.8 Å². The first kappa shape index (κ1) is 16.7. The Balaban J connectivity index is 2.76. The van der Waals surface area contributed by atoms with E-state index >= 15 is 0 Å². The first-order chi connectivity index (χ1) is 8.69. The molecule has 0 spiro atoms. The van der Waals surface area contributed by atoms with Crippen molar-refractivity contribution >= 4 is 8.32 Å². The van der Waals surface area contributed by atoms with E-state index < -0.39 is 8.32 Å². The van der Waals surface area contributed by atoms with Crippen molar-refractivity contribution in [3.05, 3.63) is 23.3 Å². The maximum Gasteiger partial charge on any atom is 0.192 e. The summed E-state index contributed by atoms with van der Waals surface area (Å²) in [6.07, 6.45) is 9.57. The average Bonchev–Trinajstić information content (AvgIpc) is 2.59. The van der Waals surface area contributed by atoms with Crippen molar-refractivity contribution in [3.63, 3.8) is 0 Å². The van der Waals surface area contributed by atoms with Crippen LogP contribution < -0.4 is 0 Å². The van der Waals surface area contributed by atoms with E-state index in [4.69, 9.17) is 4.43 Å². The van der Waals surface area contributed by atoms with Crippen LogP contribution in [0.15, 0.2) is 23.3 Å². The van der Waals surface area contributed by atoms with Crippen LogP contribution in [0, 0.1) is 0 Å². The van der Waals surface area contributed by atoms with Gasteiger partial charge in [-0.05, 0) is 56.3 Å². The predicted octanol–water partition coefficient (Wildman–Crippen LogP) is 5.84. The van der Waals surface area contributed by atoms with Gasteiger partial charge >= 0.3 is 0 Å². The summed E-state index contributed by atoms with van der Waals surface area (Å²) < 4.78 is 6.62. The topological polar surface area (TPSA) is 9.23 Å². The molecule has 0 aromatic rings. The van der Waals surface area contributed by atoms with Crippen LogP contribution in [0.5, 0.6) is 0 Å². The van der Waals surface area contributed by atoms with E-state index in [9.17, 15) is 0 Å². The van der Waals surface area contributed by atoms with Gasteiger partial charge in [-0.15, -0.1) is 0 Å². The number of hydrogen-bond acceptors (Lipinski definition) is 1. The van der Waals surface area contributed by atoms with E-state index in [1.165, 1.54) is 12.8 Å². The minimum Gasteiger partial charge on any atom is -0.410 e. The maximum atomic E-state index is 6.62. The molecule has 0 aromatic heterocycles. The molecule has 1 nitrogen and oxygen atoms in total. The maximum absolute atomic E-state index is 6.62. The largest absolute Gasteiger partial charge is 0.410 e. The van der Waals surface area contributed by atoms with Gasteiger partial charge in [-0.1, -0.05) is 45.4 Å². The SMILES string of the molecule is CC/C=C\CC1=C(C)CCC1O[Si](C)(C)C(C)(C)C. The molecule has 1 atom stereocenters. The Morgan fingerprint density at radius 3 is 2.42 bits per heavy atom. The van der Waals surface area contributed by atoms with Crippen molar-refractivity contribution < 1.29 is 4.43 Å². The minimum atomic E-state index is -1.65. The Morgan fingerprint density at radius 2 is 1.89 bits per heavy atom. The van der Waals surface area contributed by atoms with Gasteiger partial charge in [-0.3, -0.25) is 0 Å². The predicted molar refractivity (Wildman–Crippen MR) is 88.1 cm³/mol. The van der Waals surface area contributed by atoms with Gasteiger partial charge in [0.1, 0.15) is 0 Å². The lowest BCUT2D eigenvalue weighted by molar-refractivity contribution is 0.212. The van der Waals surface area contributed by atoms with E-state index in [1.807, 2.05) is 0 Å². The normalized spacial score (nSPS) is 21.7. The van der Waals surface area contributed by atoms with E-state index in [-0.39, 0.29) is 0 Å². The first-order valence-electron chi connectivity index (χ1n) is 7.70. The highest BCUT2D eigenvalue weighted by molar-refractivity contribution is 6.74. The highest BCUT2D eigenvalue weighted by Crippen LogP contribution is 2.41. The standard InChI is InChI=1S/C17H32OSi/c1-8-9-10-11-15-14(2)12-13-16(15)18-19(6,7)17(3,4)5/h9-10,16H,8,11-13H2,1-7H3/b10-9-. The van der Waals surface area contributed by atoms with E-state index in [0.29, 0.717) is 11.1 Å². The fourth-order valence-electron chi connectivity index (χ4n) is 2.30. The molecule has 110 valence electrons. The molecule has 19 heavy (non-hydrogen) atoms. The molecule has 1 unspecified atom stereocenters. The molecule has 0 N–H and O–H groups in total. The summed E-state index contributed by atoms with van der Waals surface area (Å²) in [4.78, 5) is 0. The van der Waals surface area contributed by atoms with Crippen molar-refractivity contribution in [2.75, 3.05) is 0 Å². The molecule has 2 heteroatoms. The van der Waals surface area contributed by atoms with Crippen molar-refractivity contribution in [1.82, 2.24) is 0 Å². The van der Waals surface area contributed by atoms with Crippen LogP contribution in [0.1, 0.15) is 60.3 Å². The molecule has 0 bridgehead atoms. The van der Waals surface area contributed by atoms with Crippen LogP contribution in [0.25, 0.3) is 0 Å². The zero-order valence-corrected chi connectivity index (χ0v) is 15.0. The van der Waals surface area contributed by atoms with Crippen molar-refractivity contribution in [3.8, 4) is 0 Å². The molecule has 0 heterocycles. The summed E-state index contributed by atoms with van der Waals surface area (Å²) in [5, 5.41) is 0.299. The van der Waals surface area contributed by atoms with Crippen LogP contribution in [0.3, 0.4) is 0 Å². The summed E-state index contributed by atoms with van der Waals surface area (Å²) in [5.74, 6) is 0. The lowest BCUT2D eigenvalue weighted by Crippen LogP contribution is -2.43. The third-order valence-corrected chi connectivity index (χ3v) is 9.19. The van der Waals surface area contributed by atoms with Crippen LogP contribution in [-0.2, 0) is 4.43 Å². The zero-order valence-electron chi connectivity index (χ0n) is 14.0. The van der Waals surface area contributed by atoms with Crippen molar-refractivity contribution in [2.24, 2.45) is 0 Å². The molecular formula is C17H32OSi. The molecule has 0 saturated carbocycles. The number of rotatable bonds is 5. The molecular weight excluding hydrogens is 248 g/mol. The Kier molecular flexibility index (Phi) is 5.63. The van der Waals surface area contributed by atoms with Crippen LogP contribution in [-0.4, -0.2) is 14.4 Å². The lowest BCUT2D eigenvalue weighted by Gasteiger charge is -2.39. The second kappa shape index (κ2) is 6.40. The van der Waals surface area contributed by atoms with Gasteiger partial charge in [-0.25, -0.2) is 0 Å². The number of allylic oxidation sites excluding steroid dienone is 3. The molecule has 1 rings (SSSR count). The van der Waals surface area contributed by atoms with Gasteiger partial charge in [0.05, 0.1) is 6.10 Å². The summed E-state index contributed by atoms with van der Waals surface area (Å²) in [7, 11) is -1.65. The van der Waals surface area contributed by atoms with Crippen LogP contribution in [0.2, 0.25) is 18.1 Å². The number of hydrogen-bond donors (Lipinski definition) is 0. The van der Waals surface area contributed by atoms with E-state index in [1.54, 1.807) is 11.1 Å². The van der Waals surface area contributed by atoms with Gasteiger partial charge in [0.15, 0.2) is 8.32 Å². The monoisotopic (exact) mass is 280 g/mol. The highest BCUT2D eigenvalue weighted by atomic mass is 28.4. The lowest BCUT2D eigenvalue weighted by atomic mass is 10.1. The average molecular weight is 281 g/mol. The first-order valence-corrected chi connectivity index (χ1v) is 10.6. The molecule has 0 aliphatic heterocycles. The van der Waals surface area contributed by atoms with Crippen LogP contribution >= 0.6 is 0 Å². The molecule has 0 amide bonds. The quantitative estimate of drug-likeness (QED) is 0.454. The molecule has 0 fully saturated rings. The molecule has 1 aliphatic rings. The molecule has 0 radical (unpaired) electrons. The van der Waals surface area contributed by atoms with Gasteiger partial charge < -0.3 is 4.43 Å². The highest BCUT2D eigenvalue weighted by Gasteiger charge is 2.40. The van der Waals surface area contributed by atoms with Gasteiger partial charge in [0.2, 0.25) is 0 Å². The Morgan fingerprint density at radius 1 is 1.26 bits per heavy atom. The summed E-state index contributed by atoms with van der Waals surface area (Å²) in [6.45, 7) is 16.2. The Labute approximate surface area is 121 Å². The molecule has 0 saturated heterocycles. The Bertz CT molecular complexity index is 358. The van der Waals surface area contributed by atoms with Crippen molar-refractivity contribution in [1.29, 1.82) is 0 Å². The second-order valence-corrected chi connectivity index (χ2v) is 12.1. The third kappa shape index (κ3) is 4.32. The van der Waals surface area contributed by atoms with Gasteiger partial charge in [0.25, 0.3) is 0 Å². The summed E-state index contributed by atoms with van der Waals surface area (Å²) >= 11 is 0. The van der Waals surface area contributed by atoms with Crippen LogP contribution in [0.4, 0.5) is 0 Å². The third-order valence-electron chi connectivity index (χ3n) is 4.70. The summed E-state index contributed by atoms with van der Waals surface area (Å²) in [5.41, 5.74) is 3.11. The fourth-order valence-corrected chi connectivity index (χ4v) is 3.63. The second-order valence-electron chi connectivity index (χ2n) is 7.29. The smallest absolute Gasteiger partial charge is 0.192 e. The van der Waals surface area contributed by atoms with E-state index in [2.05, 4.69) is 59.9 Å². The molecule has 1 aliphatic carbocycles. The fraction of sp³-hybridized carbons (Fsp3) is 0.765. The Hall–Kier alpha value is -0.343. The molecule has 0 aromatic carbocycles. The zero-order chi connectivity index (χ0) is 14.7. The van der Waals surface area contributed by atoms with Gasteiger partial charge in [0, 0.05) is 0 Å². The minimum absolute atomic E-state index is 0.299. The summed E-state index contributed by atoms with van der Waals surface area (Å²) in [6, 6.07) is 0. The van der Waals surface area contributed by atoms with Crippen molar-refractivity contribution in [2.45, 2.75) is 84.5 Å².